The number of aromatic nitrogens is 4. The Morgan fingerprint density at radius 1 is 0.931 bits per heavy atom. The first-order valence-electron chi connectivity index (χ1n) is 9.30. The second-order valence-electron chi connectivity index (χ2n) is 6.39. The summed E-state index contributed by atoms with van der Waals surface area (Å²) < 4.78 is 11.9. The normalized spacial score (nSPS) is 10.8. The van der Waals surface area contributed by atoms with Gasteiger partial charge < -0.3 is 14.6 Å². The lowest BCUT2D eigenvalue weighted by Crippen LogP contribution is -2.00. The molecule has 0 spiro atoms. The number of hydrogen-bond acceptors (Lipinski definition) is 7. The van der Waals surface area contributed by atoms with E-state index in [0.29, 0.717) is 41.8 Å². The van der Waals surface area contributed by atoms with Gasteiger partial charge in [0.15, 0.2) is 17.3 Å². The molecule has 3 aromatic heterocycles. The van der Waals surface area contributed by atoms with Crippen LogP contribution in [0.25, 0.3) is 22.4 Å². The number of ether oxygens (including phenoxy) is 2. The third kappa shape index (κ3) is 4.30. The summed E-state index contributed by atoms with van der Waals surface area (Å²) in [6.07, 6.45) is 5.62. The lowest BCUT2D eigenvalue weighted by molar-refractivity contribution is 0.233. The van der Waals surface area contributed by atoms with Crippen molar-refractivity contribution in [2.75, 3.05) is 13.2 Å². The smallest absolute Gasteiger partial charge is 0.181 e. The third-order valence-electron chi connectivity index (χ3n) is 4.24. The van der Waals surface area contributed by atoms with Gasteiger partial charge in [0.1, 0.15) is 11.5 Å². The minimum atomic E-state index is 0.0915. The first-order chi connectivity index (χ1) is 14.2. The van der Waals surface area contributed by atoms with E-state index < -0.39 is 0 Å². The fraction of sp³-hybridized carbons (Fsp3) is 0.182. The van der Waals surface area contributed by atoms with Gasteiger partial charge in [-0.15, -0.1) is 0 Å². The van der Waals surface area contributed by atoms with Gasteiger partial charge in [-0.3, -0.25) is 4.98 Å². The van der Waals surface area contributed by atoms with Gasteiger partial charge in [0.05, 0.1) is 12.1 Å². The van der Waals surface area contributed by atoms with Gasteiger partial charge in [-0.25, -0.2) is 15.0 Å². The molecule has 0 aliphatic rings. The Labute approximate surface area is 168 Å². The van der Waals surface area contributed by atoms with Crippen LogP contribution >= 0.6 is 0 Å². The van der Waals surface area contributed by atoms with Crippen LogP contribution in [0.2, 0.25) is 0 Å². The summed E-state index contributed by atoms with van der Waals surface area (Å²) >= 11 is 0. The van der Waals surface area contributed by atoms with E-state index in [2.05, 4.69) is 19.9 Å². The Hall–Kier alpha value is -3.58. The number of benzene rings is 1. The number of rotatable bonds is 7. The molecule has 0 atom stereocenters. The van der Waals surface area contributed by atoms with Crippen molar-refractivity contribution >= 4 is 10.9 Å². The Morgan fingerprint density at radius 3 is 2.62 bits per heavy atom. The maximum Gasteiger partial charge on any atom is 0.181 e. The van der Waals surface area contributed by atoms with Gasteiger partial charge >= 0.3 is 0 Å². The molecule has 7 nitrogen and oxygen atoms in total. The molecular formula is C22H20N4O3. The summed E-state index contributed by atoms with van der Waals surface area (Å²) in [5.41, 5.74) is 2.21. The predicted molar refractivity (Wildman–Crippen MR) is 109 cm³/mol. The molecule has 7 heteroatoms. The molecule has 4 rings (SSSR count). The summed E-state index contributed by atoms with van der Waals surface area (Å²) in [6.45, 7) is 2.44. The SMILES string of the molecule is Cc1ccc(Oc2ccnc3ccc(OCCCO)cc23)c(-c2ncccn2)n1. The molecule has 4 aromatic rings. The van der Waals surface area contributed by atoms with E-state index >= 15 is 0 Å². The van der Waals surface area contributed by atoms with Crippen LogP contribution in [0, 0.1) is 6.92 Å². The maximum atomic E-state index is 8.94. The Bertz CT molecular complexity index is 1120. The van der Waals surface area contributed by atoms with E-state index in [0.717, 1.165) is 16.6 Å². The van der Waals surface area contributed by atoms with E-state index in [1.807, 2.05) is 37.3 Å². The van der Waals surface area contributed by atoms with Crippen molar-refractivity contribution < 1.29 is 14.6 Å². The van der Waals surface area contributed by atoms with Crippen LogP contribution < -0.4 is 9.47 Å². The molecule has 0 aliphatic heterocycles. The van der Waals surface area contributed by atoms with Crippen molar-refractivity contribution in [3.05, 3.63) is 66.7 Å². The number of fused-ring (bicyclic) bond motifs is 1. The zero-order chi connectivity index (χ0) is 20.1. The maximum absolute atomic E-state index is 8.94. The molecule has 3 heterocycles. The molecule has 0 radical (unpaired) electrons. The number of nitrogens with zero attached hydrogens (tertiary/aromatic N) is 4. The summed E-state index contributed by atoms with van der Waals surface area (Å²) in [7, 11) is 0. The lowest BCUT2D eigenvalue weighted by atomic mass is 10.2. The number of aliphatic hydroxyl groups is 1. The molecule has 0 unspecified atom stereocenters. The van der Waals surface area contributed by atoms with E-state index in [4.69, 9.17) is 14.6 Å². The second-order valence-corrected chi connectivity index (χ2v) is 6.39. The molecule has 0 bridgehead atoms. The van der Waals surface area contributed by atoms with Crippen LogP contribution in [0.5, 0.6) is 17.2 Å². The minimum absolute atomic E-state index is 0.0915. The zero-order valence-corrected chi connectivity index (χ0v) is 15.9. The topological polar surface area (TPSA) is 90.2 Å². The van der Waals surface area contributed by atoms with E-state index in [-0.39, 0.29) is 6.61 Å². The average molecular weight is 388 g/mol. The Balaban J connectivity index is 1.72. The third-order valence-corrected chi connectivity index (χ3v) is 4.24. The highest BCUT2D eigenvalue weighted by Crippen LogP contribution is 2.34. The monoisotopic (exact) mass is 388 g/mol. The van der Waals surface area contributed by atoms with Crippen LogP contribution in [0.3, 0.4) is 0 Å². The van der Waals surface area contributed by atoms with Crippen LogP contribution in [0.4, 0.5) is 0 Å². The molecule has 146 valence electrons. The molecule has 0 saturated heterocycles. The fourth-order valence-electron chi connectivity index (χ4n) is 2.86. The quantitative estimate of drug-likeness (QED) is 0.479. The predicted octanol–water partition coefficient (Wildman–Crippen LogP) is 3.95. The molecule has 29 heavy (non-hydrogen) atoms. The zero-order valence-electron chi connectivity index (χ0n) is 15.9. The lowest BCUT2D eigenvalue weighted by Gasteiger charge is -2.13. The molecule has 0 aliphatic carbocycles. The highest BCUT2D eigenvalue weighted by molar-refractivity contribution is 5.86. The van der Waals surface area contributed by atoms with Crippen LogP contribution in [0.1, 0.15) is 12.1 Å². The highest BCUT2D eigenvalue weighted by atomic mass is 16.5. The summed E-state index contributed by atoms with van der Waals surface area (Å²) in [6, 6.07) is 12.9. The summed E-state index contributed by atoms with van der Waals surface area (Å²) in [4.78, 5) is 17.6. The molecular weight excluding hydrogens is 368 g/mol. The average Bonchev–Trinajstić information content (AvgIpc) is 2.76. The van der Waals surface area contributed by atoms with Crippen molar-refractivity contribution in [2.24, 2.45) is 0 Å². The number of aliphatic hydroxyl groups excluding tert-OH is 1. The number of aryl methyl sites for hydroxylation is 1. The van der Waals surface area contributed by atoms with Crippen LogP contribution in [0.15, 0.2) is 61.1 Å². The Morgan fingerprint density at radius 2 is 1.79 bits per heavy atom. The van der Waals surface area contributed by atoms with Gasteiger partial charge in [0, 0.05) is 42.7 Å². The van der Waals surface area contributed by atoms with Crippen molar-refractivity contribution in [2.45, 2.75) is 13.3 Å². The van der Waals surface area contributed by atoms with Crippen molar-refractivity contribution in [1.82, 2.24) is 19.9 Å². The molecule has 1 N–H and O–H groups in total. The van der Waals surface area contributed by atoms with Gasteiger partial charge in [-0.1, -0.05) is 0 Å². The largest absolute Gasteiger partial charge is 0.493 e. The van der Waals surface area contributed by atoms with E-state index in [1.165, 1.54) is 0 Å². The standard InChI is InChI=1S/C22H20N4O3/c1-15-4-7-20(21(26-15)22-24-9-2-10-25-22)29-19-8-11-23-18-6-5-16(14-17(18)19)28-13-3-12-27/h2,4-11,14,27H,3,12-13H2,1H3. The van der Waals surface area contributed by atoms with Crippen molar-refractivity contribution in [3.8, 4) is 28.8 Å². The molecule has 0 saturated carbocycles. The van der Waals surface area contributed by atoms with E-state index in [1.54, 1.807) is 30.7 Å². The first-order valence-corrected chi connectivity index (χ1v) is 9.30. The summed E-state index contributed by atoms with van der Waals surface area (Å²) in [5, 5.41) is 9.75. The first kappa shape index (κ1) is 18.8. The molecule has 1 aromatic carbocycles. The van der Waals surface area contributed by atoms with Gasteiger partial charge in [0.2, 0.25) is 0 Å². The summed E-state index contributed by atoms with van der Waals surface area (Å²) in [5.74, 6) is 2.38. The number of pyridine rings is 2. The van der Waals surface area contributed by atoms with Gasteiger partial charge in [0.25, 0.3) is 0 Å². The van der Waals surface area contributed by atoms with Crippen molar-refractivity contribution in [3.63, 3.8) is 0 Å². The van der Waals surface area contributed by atoms with E-state index in [9.17, 15) is 0 Å². The molecule has 0 fully saturated rings. The van der Waals surface area contributed by atoms with Crippen LogP contribution in [-0.4, -0.2) is 38.3 Å². The minimum Gasteiger partial charge on any atom is -0.493 e. The fourth-order valence-corrected chi connectivity index (χ4v) is 2.86. The van der Waals surface area contributed by atoms with Crippen LogP contribution in [-0.2, 0) is 0 Å². The van der Waals surface area contributed by atoms with Gasteiger partial charge in [-0.05, 0) is 49.4 Å². The highest BCUT2D eigenvalue weighted by Gasteiger charge is 2.14. The number of hydrogen-bond donors (Lipinski definition) is 1. The molecule has 0 amide bonds. The Kier molecular flexibility index (Phi) is 5.58. The van der Waals surface area contributed by atoms with Gasteiger partial charge in [-0.2, -0.15) is 0 Å². The van der Waals surface area contributed by atoms with Crippen molar-refractivity contribution in [1.29, 1.82) is 0 Å². The second kappa shape index (κ2) is 8.62.